The number of hydrogen-bond donors (Lipinski definition) is 1. The average molecular weight is 132 g/mol. The van der Waals surface area contributed by atoms with E-state index in [2.05, 4.69) is 6.58 Å². The molecule has 2 nitrogen and oxygen atoms in total. The van der Waals surface area contributed by atoms with E-state index >= 15 is 0 Å². The van der Waals surface area contributed by atoms with Crippen LogP contribution < -0.4 is 0 Å². The maximum atomic E-state index is 9.98. The predicted molar refractivity (Wildman–Crippen MR) is 35.2 cm³/mol. The minimum absolute atomic E-state index is 0.262. The highest BCUT2D eigenvalue weighted by molar-refractivity contribution is 7.98. The fourth-order valence-electron chi connectivity index (χ4n) is 0.236. The first-order chi connectivity index (χ1) is 3.68. The first-order valence-electron chi connectivity index (χ1n) is 2.08. The highest BCUT2D eigenvalue weighted by Gasteiger charge is 1.99. The fourth-order valence-corrected chi connectivity index (χ4v) is 0.708. The van der Waals surface area contributed by atoms with Gasteiger partial charge >= 0.3 is 5.97 Å². The van der Waals surface area contributed by atoms with E-state index in [4.69, 9.17) is 5.11 Å². The van der Waals surface area contributed by atoms with Crippen LogP contribution in [0.5, 0.6) is 0 Å². The van der Waals surface area contributed by atoms with Gasteiger partial charge in [0.05, 0.1) is 0 Å². The molecule has 1 N–H and O–H groups in total. The molecule has 46 valence electrons. The van der Waals surface area contributed by atoms with Crippen LogP contribution in [0, 0.1) is 0 Å². The lowest BCUT2D eigenvalue weighted by Gasteiger charge is -1.92. The summed E-state index contributed by atoms with van der Waals surface area (Å²) in [7, 11) is 0. The van der Waals surface area contributed by atoms with E-state index in [-0.39, 0.29) is 5.57 Å². The summed E-state index contributed by atoms with van der Waals surface area (Å²) < 4.78 is 0. The van der Waals surface area contributed by atoms with E-state index in [0.717, 1.165) is 0 Å². The maximum Gasteiger partial charge on any atom is 0.331 e. The summed E-state index contributed by atoms with van der Waals surface area (Å²) in [5.41, 5.74) is 0.262. The maximum absolute atomic E-state index is 9.98. The molecular formula is C5H8O2S. The van der Waals surface area contributed by atoms with Crippen LogP contribution in [0.2, 0.25) is 0 Å². The molecule has 0 aliphatic heterocycles. The Balaban J connectivity index is 3.49. The van der Waals surface area contributed by atoms with Crippen molar-refractivity contribution >= 4 is 17.7 Å². The van der Waals surface area contributed by atoms with Crippen LogP contribution >= 0.6 is 11.8 Å². The summed E-state index contributed by atoms with van der Waals surface area (Å²) in [5.74, 6) is -0.394. The Kier molecular flexibility index (Phi) is 3.35. The van der Waals surface area contributed by atoms with Crippen molar-refractivity contribution < 1.29 is 9.90 Å². The molecule has 3 heteroatoms. The molecule has 0 aromatic carbocycles. The smallest absolute Gasteiger partial charge is 0.331 e. The SMILES string of the molecule is C=C(CSC)C(=O)O. The Hall–Kier alpha value is -0.440. The fraction of sp³-hybridized carbons (Fsp3) is 0.400. The number of rotatable bonds is 3. The molecule has 0 rings (SSSR count). The van der Waals surface area contributed by atoms with E-state index in [1.165, 1.54) is 11.8 Å². The van der Waals surface area contributed by atoms with Crippen molar-refractivity contribution in [1.82, 2.24) is 0 Å². The van der Waals surface area contributed by atoms with Crippen molar-refractivity contribution in [3.63, 3.8) is 0 Å². The highest BCUT2D eigenvalue weighted by Crippen LogP contribution is 1.99. The van der Waals surface area contributed by atoms with Gasteiger partial charge < -0.3 is 5.11 Å². The van der Waals surface area contributed by atoms with Crippen molar-refractivity contribution in [2.75, 3.05) is 12.0 Å². The molecule has 0 bridgehead atoms. The van der Waals surface area contributed by atoms with E-state index in [1.54, 1.807) is 0 Å². The third-order valence-electron chi connectivity index (χ3n) is 0.621. The number of carboxylic acids is 1. The van der Waals surface area contributed by atoms with Gasteiger partial charge in [0.25, 0.3) is 0 Å². The summed E-state index contributed by atoms with van der Waals surface area (Å²) in [6.07, 6.45) is 1.84. The summed E-state index contributed by atoms with van der Waals surface area (Å²) in [4.78, 5) is 9.98. The van der Waals surface area contributed by atoms with Crippen LogP contribution in [-0.2, 0) is 4.79 Å². The van der Waals surface area contributed by atoms with Crippen LogP contribution in [-0.4, -0.2) is 23.1 Å². The first kappa shape index (κ1) is 7.56. The van der Waals surface area contributed by atoms with Crippen molar-refractivity contribution in [3.05, 3.63) is 12.2 Å². The van der Waals surface area contributed by atoms with Gasteiger partial charge in [-0.15, -0.1) is 0 Å². The third kappa shape index (κ3) is 2.69. The molecule has 0 saturated heterocycles. The van der Waals surface area contributed by atoms with Gasteiger partial charge in [0.15, 0.2) is 0 Å². The van der Waals surface area contributed by atoms with Gasteiger partial charge in [-0.05, 0) is 6.26 Å². The number of aliphatic carboxylic acids is 1. The molecule has 0 heterocycles. The molecule has 0 aromatic heterocycles. The molecule has 8 heavy (non-hydrogen) atoms. The number of carboxylic acid groups (broad SMARTS) is 1. The largest absolute Gasteiger partial charge is 0.478 e. The number of carbonyl (C=O) groups is 1. The second kappa shape index (κ2) is 3.55. The predicted octanol–water partition coefficient (Wildman–Crippen LogP) is 0.990. The minimum atomic E-state index is -0.903. The van der Waals surface area contributed by atoms with Gasteiger partial charge in [-0.3, -0.25) is 0 Å². The molecule has 0 atom stereocenters. The van der Waals surface area contributed by atoms with Gasteiger partial charge in [-0.2, -0.15) is 11.8 Å². The van der Waals surface area contributed by atoms with Crippen LogP contribution in [0.3, 0.4) is 0 Å². The summed E-state index contributed by atoms with van der Waals surface area (Å²) in [6, 6.07) is 0. The van der Waals surface area contributed by atoms with Crippen molar-refractivity contribution in [1.29, 1.82) is 0 Å². The van der Waals surface area contributed by atoms with E-state index in [9.17, 15) is 4.79 Å². The Morgan fingerprint density at radius 3 is 2.50 bits per heavy atom. The van der Waals surface area contributed by atoms with Gasteiger partial charge in [0.2, 0.25) is 0 Å². The van der Waals surface area contributed by atoms with Gasteiger partial charge in [-0.25, -0.2) is 4.79 Å². The zero-order valence-corrected chi connectivity index (χ0v) is 5.49. The normalized spacial score (nSPS) is 8.62. The molecule has 0 fully saturated rings. The van der Waals surface area contributed by atoms with Crippen LogP contribution in [0.4, 0.5) is 0 Å². The quantitative estimate of drug-likeness (QED) is 0.582. The second-order valence-corrected chi connectivity index (χ2v) is 2.21. The third-order valence-corrected chi connectivity index (χ3v) is 1.26. The molecule has 0 aliphatic carbocycles. The molecule has 0 spiro atoms. The first-order valence-corrected chi connectivity index (χ1v) is 3.48. The van der Waals surface area contributed by atoms with Gasteiger partial charge in [0, 0.05) is 11.3 Å². The van der Waals surface area contributed by atoms with Crippen molar-refractivity contribution in [2.45, 2.75) is 0 Å². The second-order valence-electron chi connectivity index (χ2n) is 1.34. The van der Waals surface area contributed by atoms with Crippen molar-refractivity contribution in [2.24, 2.45) is 0 Å². The average Bonchev–Trinajstić information content (AvgIpc) is 1.67. The minimum Gasteiger partial charge on any atom is -0.478 e. The lowest BCUT2D eigenvalue weighted by atomic mass is 10.4. The molecule has 0 amide bonds. The van der Waals surface area contributed by atoms with Crippen LogP contribution in [0.25, 0.3) is 0 Å². The lowest BCUT2D eigenvalue weighted by Crippen LogP contribution is -2.00. The summed E-state index contributed by atoms with van der Waals surface area (Å²) >= 11 is 1.46. The zero-order valence-electron chi connectivity index (χ0n) is 4.68. The summed E-state index contributed by atoms with van der Waals surface area (Å²) in [6.45, 7) is 3.32. The Morgan fingerprint density at radius 1 is 1.88 bits per heavy atom. The van der Waals surface area contributed by atoms with Crippen LogP contribution in [0.1, 0.15) is 0 Å². The number of thioether (sulfide) groups is 1. The molecule has 0 aliphatic rings. The molecule has 0 unspecified atom stereocenters. The Morgan fingerprint density at radius 2 is 2.38 bits per heavy atom. The standard InChI is InChI=1S/C5H8O2S/c1-4(3-8-2)5(6)7/h1,3H2,2H3,(H,6,7). The molecule has 0 aromatic rings. The topological polar surface area (TPSA) is 37.3 Å². The molecule has 0 radical (unpaired) electrons. The van der Waals surface area contributed by atoms with E-state index < -0.39 is 5.97 Å². The molecular weight excluding hydrogens is 124 g/mol. The van der Waals surface area contributed by atoms with Gasteiger partial charge in [-0.1, -0.05) is 6.58 Å². The Bertz CT molecular complexity index is 109. The van der Waals surface area contributed by atoms with Crippen molar-refractivity contribution in [3.8, 4) is 0 Å². The molecule has 0 saturated carbocycles. The van der Waals surface area contributed by atoms with E-state index in [0.29, 0.717) is 5.75 Å². The highest BCUT2D eigenvalue weighted by atomic mass is 32.2. The Labute approximate surface area is 52.6 Å². The number of hydrogen-bond acceptors (Lipinski definition) is 2. The summed E-state index contributed by atoms with van der Waals surface area (Å²) in [5, 5.41) is 8.20. The monoisotopic (exact) mass is 132 g/mol. The zero-order chi connectivity index (χ0) is 6.57. The van der Waals surface area contributed by atoms with Gasteiger partial charge in [0.1, 0.15) is 0 Å². The van der Waals surface area contributed by atoms with E-state index in [1.807, 2.05) is 6.26 Å². The lowest BCUT2D eigenvalue weighted by molar-refractivity contribution is -0.132. The van der Waals surface area contributed by atoms with Crippen LogP contribution in [0.15, 0.2) is 12.2 Å².